The SMILES string of the molecule is CCN[C@H](C(=O)N[C@@H](CCCCNC(=O)[C@H]1O[C@@H](OC)[C@H](O)[C@@H](O)[C@@H]1O)C(C)=O)C(C)C. The number of carbonyl (C=O) groups excluding carboxylic acids is 3. The van der Waals surface area contributed by atoms with Crippen LogP contribution in [0.1, 0.15) is 47.0 Å². The van der Waals surface area contributed by atoms with Gasteiger partial charge in [-0.3, -0.25) is 14.4 Å². The zero-order valence-corrected chi connectivity index (χ0v) is 19.5. The number of amides is 2. The predicted octanol–water partition coefficient (Wildman–Crippen LogP) is -1.57. The highest BCUT2D eigenvalue weighted by Crippen LogP contribution is 2.21. The molecule has 0 bridgehead atoms. The third-order valence-electron chi connectivity index (χ3n) is 5.46. The summed E-state index contributed by atoms with van der Waals surface area (Å²) in [6.07, 6.45) is -5.76. The molecule has 0 aliphatic carbocycles. The van der Waals surface area contributed by atoms with Crippen molar-refractivity contribution in [3.05, 3.63) is 0 Å². The first-order valence-corrected chi connectivity index (χ1v) is 11.1. The molecule has 1 rings (SSSR count). The number of aliphatic hydroxyl groups is 3. The average Bonchev–Trinajstić information content (AvgIpc) is 2.74. The highest BCUT2D eigenvalue weighted by Gasteiger charge is 2.46. The van der Waals surface area contributed by atoms with Gasteiger partial charge in [0.2, 0.25) is 5.91 Å². The highest BCUT2D eigenvalue weighted by atomic mass is 16.7. The van der Waals surface area contributed by atoms with E-state index in [9.17, 15) is 29.7 Å². The van der Waals surface area contributed by atoms with Crippen molar-refractivity contribution in [3.8, 4) is 0 Å². The Morgan fingerprint density at radius 2 is 1.72 bits per heavy atom. The predicted molar refractivity (Wildman–Crippen MR) is 115 cm³/mol. The Balaban J connectivity index is 2.47. The number of likely N-dealkylation sites (N-methyl/N-ethyl adjacent to an activating group) is 1. The minimum atomic E-state index is -1.60. The van der Waals surface area contributed by atoms with E-state index in [0.717, 1.165) is 0 Å². The van der Waals surface area contributed by atoms with Crippen molar-refractivity contribution in [1.29, 1.82) is 0 Å². The van der Waals surface area contributed by atoms with Gasteiger partial charge in [-0.25, -0.2) is 0 Å². The van der Waals surface area contributed by atoms with Crippen molar-refractivity contribution in [2.75, 3.05) is 20.2 Å². The third-order valence-corrected chi connectivity index (χ3v) is 5.46. The monoisotopic (exact) mass is 461 g/mol. The summed E-state index contributed by atoms with van der Waals surface area (Å²) in [5.41, 5.74) is 0. The third kappa shape index (κ3) is 8.05. The van der Waals surface area contributed by atoms with Crippen molar-refractivity contribution < 1.29 is 39.2 Å². The molecule has 0 aromatic carbocycles. The fourth-order valence-corrected chi connectivity index (χ4v) is 3.53. The zero-order chi connectivity index (χ0) is 24.4. The van der Waals surface area contributed by atoms with Gasteiger partial charge in [0.1, 0.15) is 18.3 Å². The smallest absolute Gasteiger partial charge is 0.252 e. The molecule has 1 saturated heterocycles. The maximum Gasteiger partial charge on any atom is 0.252 e. The van der Waals surface area contributed by atoms with Gasteiger partial charge < -0.3 is 40.7 Å². The summed E-state index contributed by atoms with van der Waals surface area (Å²) in [5.74, 6) is -0.926. The molecule has 1 aliphatic heterocycles. The summed E-state index contributed by atoms with van der Waals surface area (Å²) < 4.78 is 10.1. The second-order valence-electron chi connectivity index (χ2n) is 8.37. The van der Waals surface area contributed by atoms with Crippen LogP contribution >= 0.6 is 0 Å². The van der Waals surface area contributed by atoms with Gasteiger partial charge >= 0.3 is 0 Å². The molecule has 0 radical (unpaired) electrons. The normalized spacial score (nSPS) is 27.6. The van der Waals surface area contributed by atoms with E-state index < -0.39 is 42.7 Å². The van der Waals surface area contributed by atoms with Gasteiger partial charge in [0, 0.05) is 13.7 Å². The lowest BCUT2D eigenvalue weighted by Crippen LogP contribution is -2.61. The van der Waals surface area contributed by atoms with Gasteiger partial charge in [-0.05, 0) is 38.6 Å². The molecule has 186 valence electrons. The van der Waals surface area contributed by atoms with E-state index in [1.165, 1.54) is 14.0 Å². The quantitative estimate of drug-likeness (QED) is 0.178. The number of hydrogen-bond acceptors (Lipinski definition) is 9. The molecule has 1 heterocycles. The maximum atomic E-state index is 12.5. The molecule has 0 saturated carbocycles. The first-order valence-electron chi connectivity index (χ1n) is 11.1. The Hall–Kier alpha value is -1.63. The zero-order valence-electron chi connectivity index (χ0n) is 19.5. The van der Waals surface area contributed by atoms with Crippen LogP contribution in [0, 0.1) is 5.92 Å². The number of ketones is 1. The number of unbranched alkanes of at least 4 members (excludes halogenated alkanes) is 1. The molecule has 0 aromatic rings. The number of rotatable bonds is 13. The number of Topliss-reactive ketones (excluding diaryl/α,β-unsaturated/α-hetero) is 1. The van der Waals surface area contributed by atoms with Gasteiger partial charge in [0.05, 0.1) is 12.1 Å². The number of hydrogen-bond donors (Lipinski definition) is 6. The molecule has 1 aliphatic rings. The Labute approximate surface area is 189 Å². The van der Waals surface area contributed by atoms with Crippen molar-refractivity contribution in [3.63, 3.8) is 0 Å². The summed E-state index contributed by atoms with van der Waals surface area (Å²) in [7, 11) is 1.25. The standard InChI is InChI=1S/C21H39N3O8/c1-6-22-14(11(2)3)19(29)24-13(12(4)25)9-7-8-10-23-20(30)18-16(27)15(26)17(28)21(31-5)32-18/h11,13-18,21-22,26-28H,6-10H2,1-5H3,(H,23,30)(H,24,29)/t13-,14-,15-,16-,17+,18-,21+/m0/s1. The summed E-state index contributed by atoms with van der Waals surface area (Å²) in [6.45, 7) is 8.08. The minimum Gasteiger partial charge on any atom is -0.387 e. The number of aliphatic hydroxyl groups excluding tert-OH is 3. The number of nitrogens with one attached hydrogen (secondary N) is 3. The molecule has 11 heteroatoms. The van der Waals surface area contributed by atoms with E-state index in [4.69, 9.17) is 9.47 Å². The van der Waals surface area contributed by atoms with Crippen molar-refractivity contribution in [2.45, 2.75) is 89.7 Å². The van der Waals surface area contributed by atoms with Gasteiger partial charge in [-0.15, -0.1) is 0 Å². The molecule has 7 atom stereocenters. The Morgan fingerprint density at radius 1 is 1.06 bits per heavy atom. The Morgan fingerprint density at radius 3 is 2.25 bits per heavy atom. The van der Waals surface area contributed by atoms with E-state index in [1.54, 1.807) is 0 Å². The van der Waals surface area contributed by atoms with Crippen molar-refractivity contribution in [1.82, 2.24) is 16.0 Å². The fraction of sp³-hybridized carbons (Fsp3) is 0.857. The van der Waals surface area contributed by atoms with E-state index in [-0.39, 0.29) is 30.2 Å². The van der Waals surface area contributed by atoms with Gasteiger partial charge in [0.25, 0.3) is 5.91 Å². The van der Waals surface area contributed by atoms with E-state index in [2.05, 4.69) is 16.0 Å². The molecule has 0 unspecified atom stereocenters. The second kappa shape index (κ2) is 13.8. The van der Waals surface area contributed by atoms with Crippen LogP contribution in [0.25, 0.3) is 0 Å². The molecular weight excluding hydrogens is 422 g/mol. The lowest BCUT2D eigenvalue weighted by atomic mass is 9.98. The Bertz CT molecular complexity index is 616. The summed E-state index contributed by atoms with van der Waals surface area (Å²) in [4.78, 5) is 36.8. The first-order chi connectivity index (χ1) is 15.0. The fourth-order valence-electron chi connectivity index (χ4n) is 3.53. The van der Waals surface area contributed by atoms with Crippen LogP contribution in [0.2, 0.25) is 0 Å². The van der Waals surface area contributed by atoms with E-state index in [1.807, 2.05) is 20.8 Å². The number of methoxy groups -OCH3 is 1. The minimum absolute atomic E-state index is 0.0764. The van der Waals surface area contributed by atoms with E-state index in [0.29, 0.717) is 25.8 Å². The lowest BCUT2D eigenvalue weighted by Gasteiger charge is -2.38. The first kappa shape index (κ1) is 28.4. The van der Waals surface area contributed by atoms with Gasteiger partial charge in [-0.1, -0.05) is 20.8 Å². The van der Waals surface area contributed by atoms with Gasteiger partial charge in [0.15, 0.2) is 18.2 Å². The second-order valence-corrected chi connectivity index (χ2v) is 8.37. The molecule has 1 fully saturated rings. The summed E-state index contributed by atoms with van der Waals surface area (Å²) in [5, 5.41) is 38.1. The van der Waals surface area contributed by atoms with Crippen LogP contribution in [0.15, 0.2) is 0 Å². The number of carbonyl (C=O) groups is 3. The van der Waals surface area contributed by atoms with Crippen LogP contribution in [-0.2, 0) is 23.9 Å². The Kier molecular flexibility index (Phi) is 12.3. The van der Waals surface area contributed by atoms with Crippen LogP contribution in [0.4, 0.5) is 0 Å². The van der Waals surface area contributed by atoms with Crippen molar-refractivity contribution >= 4 is 17.6 Å². The van der Waals surface area contributed by atoms with Crippen molar-refractivity contribution in [2.24, 2.45) is 5.92 Å². The lowest BCUT2D eigenvalue weighted by molar-refractivity contribution is -0.283. The molecule has 0 aromatic heterocycles. The maximum absolute atomic E-state index is 12.5. The average molecular weight is 462 g/mol. The molecule has 32 heavy (non-hydrogen) atoms. The van der Waals surface area contributed by atoms with Crippen LogP contribution in [0.3, 0.4) is 0 Å². The molecule has 2 amide bonds. The summed E-state index contributed by atoms with van der Waals surface area (Å²) >= 11 is 0. The van der Waals surface area contributed by atoms with Crippen LogP contribution in [-0.4, -0.2) is 95.9 Å². The molecular formula is C21H39N3O8. The van der Waals surface area contributed by atoms with Gasteiger partial charge in [-0.2, -0.15) is 0 Å². The number of ether oxygens (including phenoxy) is 2. The molecule has 6 N–H and O–H groups in total. The molecule has 0 spiro atoms. The highest BCUT2D eigenvalue weighted by molar-refractivity contribution is 5.89. The molecule has 11 nitrogen and oxygen atoms in total. The van der Waals surface area contributed by atoms with Crippen LogP contribution < -0.4 is 16.0 Å². The topological polar surface area (TPSA) is 166 Å². The largest absolute Gasteiger partial charge is 0.387 e. The van der Waals surface area contributed by atoms with E-state index >= 15 is 0 Å². The summed E-state index contributed by atoms with van der Waals surface area (Å²) in [6, 6.07) is -0.992. The van der Waals surface area contributed by atoms with Crippen LogP contribution in [0.5, 0.6) is 0 Å².